The van der Waals surface area contributed by atoms with Gasteiger partial charge in [-0.1, -0.05) is 60.7 Å². The lowest BCUT2D eigenvalue weighted by Gasteiger charge is -2.42. The molecule has 1 amide bonds. The van der Waals surface area contributed by atoms with Crippen LogP contribution in [0.25, 0.3) is 0 Å². The van der Waals surface area contributed by atoms with Crippen molar-refractivity contribution in [2.75, 3.05) is 0 Å². The van der Waals surface area contributed by atoms with Crippen LogP contribution < -0.4 is 16.6 Å². The molecule has 3 N–H and O–H groups in total. The number of H-pyrrole nitrogens is 1. The number of nitrogens with one attached hydrogen (secondary N) is 2. The maximum atomic E-state index is 13.4. The highest BCUT2D eigenvalue weighted by Crippen LogP contribution is 2.50. The van der Waals surface area contributed by atoms with Gasteiger partial charge < -0.3 is 33.5 Å². The fourth-order valence-electron chi connectivity index (χ4n) is 4.92. The molecule has 2 heterocycles. The summed E-state index contributed by atoms with van der Waals surface area (Å²) < 4.78 is 34.0. The molecule has 1 aliphatic heterocycles. The average Bonchev–Trinajstić information content (AvgIpc) is 3.26. The van der Waals surface area contributed by atoms with Crippen LogP contribution in [0.3, 0.4) is 0 Å². The molecule has 4 atom stereocenters. The number of aliphatic carboxylic acids is 1. The van der Waals surface area contributed by atoms with Gasteiger partial charge in [0.1, 0.15) is 13.2 Å². The minimum atomic E-state index is -3.08. The smallest absolute Gasteiger partial charge is 0.481 e. The Bertz CT molecular complexity index is 1760. The van der Waals surface area contributed by atoms with Crippen LogP contribution in [-0.4, -0.2) is 62.4 Å². The Morgan fingerprint density at radius 3 is 2.02 bits per heavy atom. The number of aromatic amines is 1. The zero-order valence-corrected chi connectivity index (χ0v) is 25.6. The van der Waals surface area contributed by atoms with Gasteiger partial charge in [-0.2, -0.15) is 0 Å². The van der Waals surface area contributed by atoms with Crippen molar-refractivity contribution in [3.63, 3.8) is 0 Å². The molecule has 0 bridgehead atoms. The van der Waals surface area contributed by atoms with E-state index in [2.05, 4.69) is 5.32 Å². The third-order valence-corrected chi connectivity index (χ3v) is 6.87. The molecule has 0 radical (unpaired) electrons. The van der Waals surface area contributed by atoms with Gasteiger partial charge in [0.05, 0.1) is 6.42 Å². The summed E-state index contributed by atoms with van der Waals surface area (Å²) in [4.78, 5) is 90.7. The van der Waals surface area contributed by atoms with Crippen molar-refractivity contribution in [3.05, 3.63) is 105 Å². The van der Waals surface area contributed by atoms with Crippen LogP contribution in [0.1, 0.15) is 44.0 Å². The Balaban J connectivity index is 1.88. The Morgan fingerprint density at radius 1 is 0.875 bits per heavy atom. The first-order valence-corrected chi connectivity index (χ1v) is 14.3. The zero-order chi connectivity index (χ0) is 34.9. The van der Waals surface area contributed by atoms with Crippen molar-refractivity contribution in [3.8, 4) is 0 Å². The zero-order valence-electron chi connectivity index (χ0n) is 25.6. The first-order valence-electron chi connectivity index (χ1n) is 14.3. The first-order chi connectivity index (χ1) is 22.8. The van der Waals surface area contributed by atoms with Gasteiger partial charge in [-0.3, -0.25) is 34.0 Å². The average molecular weight is 670 g/mol. The Kier molecular flexibility index (Phi) is 11.0. The molecule has 1 saturated heterocycles. The van der Waals surface area contributed by atoms with Crippen molar-refractivity contribution in [1.82, 2.24) is 14.9 Å². The van der Waals surface area contributed by atoms with Gasteiger partial charge in [0.2, 0.25) is 11.8 Å². The number of carbonyl (C=O) groups excluding carboxylic acids is 4. The second-order valence-electron chi connectivity index (χ2n) is 10.4. The summed E-state index contributed by atoms with van der Waals surface area (Å²) in [5.74, 6) is -6.81. The largest absolute Gasteiger partial charge is 0.512 e. The Labute approximate surface area is 271 Å². The second-order valence-corrected chi connectivity index (χ2v) is 10.4. The van der Waals surface area contributed by atoms with E-state index in [1.807, 2.05) is 4.98 Å². The molecule has 1 aromatic heterocycles. The fraction of sp³-hybridized carbons (Fsp3) is 0.323. The number of rotatable bonds is 12. The third kappa shape index (κ3) is 8.24. The summed E-state index contributed by atoms with van der Waals surface area (Å²) in [6.45, 7) is 1.13. The van der Waals surface area contributed by atoms with E-state index in [1.54, 1.807) is 60.7 Å². The van der Waals surface area contributed by atoms with Crippen LogP contribution in [0.15, 0.2) is 82.5 Å². The molecule has 0 saturated carbocycles. The van der Waals surface area contributed by atoms with Crippen LogP contribution >= 0.6 is 0 Å². The lowest BCUT2D eigenvalue weighted by atomic mass is 9.93. The summed E-state index contributed by atoms with van der Waals surface area (Å²) >= 11 is 0. The van der Waals surface area contributed by atoms with Gasteiger partial charge in [-0.05, 0) is 11.1 Å². The predicted octanol–water partition coefficient (Wildman–Crippen LogP) is 2.10. The number of nitrogens with zero attached hydrogens (tertiary/aromatic N) is 1. The van der Waals surface area contributed by atoms with Gasteiger partial charge in [-0.25, -0.2) is 14.4 Å². The highest BCUT2D eigenvalue weighted by molar-refractivity contribution is 5.72. The maximum absolute atomic E-state index is 13.4. The van der Waals surface area contributed by atoms with Gasteiger partial charge in [0.25, 0.3) is 5.56 Å². The van der Waals surface area contributed by atoms with E-state index in [1.165, 1.54) is 0 Å². The number of aromatic nitrogens is 2. The summed E-state index contributed by atoms with van der Waals surface area (Å²) in [5, 5.41) is 12.0. The van der Waals surface area contributed by atoms with E-state index in [9.17, 15) is 38.7 Å². The minimum Gasteiger partial charge on any atom is -0.481 e. The van der Waals surface area contributed by atoms with E-state index in [0.717, 1.165) is 26.1 Å². The van der Waals surface area contributed by atoms with Crippen LogP contribution in [0.2, 0.25) is 0 Å². The maximum Gasteiger partial charge on any atom is 0.512 e. The predicted molar refractivity (Wildman–Crippen MR) is 159 cm³/mol. The number of carbonyl (C=O) groups is 5. The number of ether oxygens (including phenoxy) is 6. The lowest BCUT2D eigenvalue weighted by Crippen LogP contribution is -2.69. The standard InChI is InChI=1S/C31H31N3O14/c1-19(35)45-25-26(34-16-14-23(37)32-27(34)40)47-30(15-13-24(38)39,33-28(41)43-17-21-9-5-3-6-10-21)31(25,46-20(2)36)48-29(42)44-18-22-11-7-4-8-12-22/h3-12,14,16,25-26H,13,15,17-18H2,1-2H3,(H,33,41)(H,38,39)(H,32,37,40)/t25-,26+,30+,31-/m1/s1. The molecule has 3 aromatic rings. The molecule has 17 nitrogen and oxygen atoms in total. The number of amides is 1. The molecule has 0 aliphatic carbocycles. The summed E-state index contributed by atoms with van der Waals surface area (Å²) in [5.41, 5.74) is -3.66. The fourth-order valence-corrected chi connectivity index (χ4v) is 4.92. The van der Waals surface area contributed by atoms with E-state index >= 15 is 0 Å². The summed E-state index contributed by atoms with van der Waals surface area (Å²) in [6, 6.07) is 17.6. The summed E-state index contributed by atoms with van der Waals surface area (Å²) in [7, 11) is 0. The molecule has 254 valence electrons. The number of hydrogen-bond acceptors (Lipinski definition) is 13. The highest BCUT2D eigenvalue weighted by Gasteiger charge is 2.75. The number of alkyl carbamates (subject to hydrolysis) is 1. The van der Waals surface area contributed by atoms with E-state index in [-0.39, 0.29) is 13.2 Å². The quantitative estimate of drug-likeness (QED) is 0.143. The third-order valence-electron chi connectivity index (χ3n) is 6.87. The number of hydrogen-bond donors (Lipinski definition) is 3. The molecule has 0 unspecified atom stereocenters. The molecule has 2 aromatic carbocycles. The molecule has 1 fully saturated rings. The molecule has 17 heteroatoms. The molecule has 0 spiro atoms. The van der Waals surface area contributed by atoms with Crippen LogP contribution in [0.5, 0.6) is 0 Å². The SMILES string of the molecule is CC(=O)O[C@@H]1[C@@H](n2ccc(=O)[nH]c2=O)O[C@](CCC(=O)O)(NC(=O)OCc2ccccc2)[C@]1(OC(C)=O)OC(=O)OCc1ccccc1. The first kappa shape index (κ1) is 34.9. The molecule has 4 rings (SSSR count). The van der Waals surface area contributed by atoms with E-state index in [4.69, 9.17) is 28.4 Å². The van der Waals surface area contributed by atoms with Gasteiger partial charge in [-0.15, -0.1) is 0 Å². The molecule has 1 aliphatic rings. The second kappa shape index (κ2) is 15.1. The highest BCUT2D eigenvalue weighted by atomic mass is 16.8. The summed E-state index contributed by atoms with van der Waals surface area (Å²) in [6.07, 6.45) is -7.68. The number of carboxylic acid groups (broad SMARTS) is 1. The van der Waals surface area contributed by atoms with Crippen LogP contribution in [-0.2, 0) is 56.0 Å². The van der Waals surface area contributed by atoms with Gasteiger partial charge in [0.15, 0.2) is 6.23 Å². The van der Waals surface area contributed by atoms with Crippen molar-refractivity contribution in [2.24, 2.45) is 0 Å². The van der Waals surface area contributed by atoms with Gasteiger partial charge >= 0.3 is 41.6 Å². The monoisotopic (exact) mass is 669 g/mol. The van der Waals surface area contributed by atoms with Crippen molar-refractivity contribution in [2.45, 2.75) is 63.7 Å². The lowest BCUT2D eigenvalue weighted by molar-refractivity contribution is -0.293. The minimum absolute atomic E-state index is 0.307. The number of carboxylic acids is 1. The number of benzene rings is 2. The molecular weight excluding hydrogens is 638 g/mol. The normalized spacial score (nSPS) is 21.4. The molecule has 48 heavy (non-hydrogen) atoms. The van der Waals surface area contributed by atoms with E-state index < -0.39 is 78.1 Å². The van der Waals surface area contributed by atoms with Crippen LogP contribution in [0.4, 0.5) is 9.59 Å². The Morgan fingerprint density at radius 2 is 1.48 bits per heavy atom. The van der Waals surface area contributed by atoms with Crippen LogP contribution in [0, 0.1) is 0 Å². The topological polar surface area (TPSA) is 228 Å². The molecular formula is C31H31N3O14. The van der Waals surface area contributed by atoms with Crippen molar-refractivity contribution >= 4 is 30.2 Å². The number of esters is 2. The van der Waals surface area contributed by atoms with Crippen molar-refractivity contribution in [1.29, 1.82) is 0 Å². The Hall–Kier alpha value is -5.97. The van der Waals surface area contributed by atoms with E-state index in [0.29, 0.717) is 15.7 Å². The van der Waals surface area contributed by atoms with Gasteiger partial charge in [0, 0.05) is 32.5 Å². The van der Waals surface area contributed by atoms with Crippen molar-refractivity contribution < 1.29 is 57.5 Å².